The molecule has 0 saturated carbocycles. The van der Waals surface area contributed by atoms with Crippen LogP contribution in [0.15, 0.2) is 6.07 Å². The SMILES string of the molecule is CCOCc1cc2c(s1)CN(CCN)CC2. The summed E-state index contributed by atoms with van der Waals surface area (Å²) >= 11 is 1.90. The van der Waals surface area contributed by atoms with E-state index in [1.54, 1.807) is 0 Å². The van der Waals surface area contributed by atoms with Crippen LogP contribution in [0.2, 0.25) is 0 Å². The summed E-state index contributed by atoms with van der Waals surface area (Å²) in [5, 5.41) is 0. The van der Waals surface area contributed by atoms with Crippen molar-refractivity contribution in [1.82, 2.24) is 4.90 Å². The van der Waals surface area contributed by atoms with Crippen molar-refractivity contribution in [3.05, 3.63) is 21.4 Å². The van der Waals surface area contributed by atoms with Gasteiger partial charge in [-0.1, -0.05) is 0 Å². The lowest BCUT2D eigenvalue weighted by molar-refractivity contribution is 0.136. The third kappa shape index (κ3) is 2.83. The number of nitrogens with zero attached hydrogens (tertiary/aromatic N) is 1. The van der Waals surface area contributed by atoms with Gasteiger partial charge in [-0.2, -0.15) is 0 Å². The van der Waals surface area contributed by atoms with Gasteiger partial charge in [-0.15, -0.1) is 11.3 Å². The van der Waals surface area contributed by atoms with Gasteiger partial charge in [-0.3, -0.25) is 4.90 Å². The molecule has 0 bridgehead atoms. The van der Waals surface area contributed by atoms with Gasteiger partial charge in [0.25, 0.3) is 0 Å². The molecule has 0 unspecified atom stereocenters. The molecule has 2 rings (SSSR count). The molecular weight excluding hydrogens is 220 g/mol. The van der Waals surface area contributed by atoms with E-state index in [1.165, 1.54) is 15.3 Å². The number of nitrogens with two attached hydrogens (primary N) is 1. The van der Waals surface area contributed by atoms with Crippen LogP contribution in [0.3, 0.4) is 0 Å². The highest BCUT2D eigenvalue weighted by molar-refractivity contribution is 7.12. The lowest BCUT2D eigenvalue weighted by atomic mass is 10.1. The minimum Gasteiger partial charge on any atom is -0.376 e. The smallest absolute Gasteiger partial charge is 0.0809 e. The zero-order valence-electron chi connectivity index (χ0n) is 9.87. The van der Waals surface area contributed by atoms with Gasteiger partial charge in [-0.25, -0.2) is 0 Å². The van der Waals surface area contributed by atoms with E-state index in [2.05, 4.69) is 11.0 Å². The van der Waals surface area contributed by atoms with Crippen LogP contribution in [0.25, 0.3) is 0 Å². The Morgan fingerprint density at radius 3 is 3.19 bits per heavy atom. The van der Waals surface area contributed by atoms with E-state index in [9.17, 15) is 0 Å². The van der Waals surface area contributed by atoms with Crippen molar-refractivity contribution in [3.63, 3.8) is 0 Å². The molecule has 4 heteroatoms. The first-order chi connectivity index (χ1) is 7.83. The molecule has 0 radical (unpaired) electrons. The summed E-state index contributed by atoms with van der Waals surface area (Å²) in [6.45, 7) is 7.59. The van der Waals surface area contributed by atoms with Crippen LogP contribution < -0.4 is 5.73 Å². The first-order valence-corrected chi connectivity index (χ1v) is 6.75. The number of fused-ring (bicyclic) bond motifs is 1. The molecule has 0 amide bonds. The van der Waals surface area contributed by atoms with E-state index >= 15 is 0 Å². The highest BCUT2D eigenvalue weighted by Crippen LogP contribution is 2.28. The largest absolute Gasteiger partial charge is 0.376 e. The Balaban J connectivity index is 1.99. The predicted octanol–water partition coefficient (Wildman–Crippen LogP) is 1.60. The molecule has 0 aliphatic carbocycles. The standard InChI is InChI=1S/C12H20N2OS/c1-2-15-9-11-7-10-3-5-14(6-4-13)8-12(10)16-11/h7H,2-6,8-9,13H2,1H3. The van der Waals surface area contributed by atoms with E-state index in [0.29, 0.717) is 0 Å². The van der Waals surface area contributed by atoms with Crippen LogP contribution in [0, 0.1) is 0 Å². The van der Waals surface area contributed by atoms with E-state index in [0.717, 1.165) is 45.8 Å². The third-order valence-corrected chi connectivity index (χ3v) is 4.04. The Hall–Kier alpha value is -0.420. The van der Waals surface area contributed by atoms with Crippen molar-refractivity contribution in [2.75, 3.05) is 26.2 Å². The number of ether oxygens (including phenoxy) is 1. The van der Waals surface area contributed by atoms with Crippen LogP contribution in [0.1, 0.15) is 22.2 Å². The topological polar surface area (TPSA) is 38.5 Å². The molecule has 0 aromatic carbocycles. The van der Waals surface area contributed by atoms with Gasteiger partial charge in [-0.05, 0) is 25.0 Å². The fourth-order valence-electron chi connectivity index (χ4n) is 2.08. The number of thiophene rings is 1. The number of hydrogen-bond acceptors (Lipinski definition) is 4. The molecule has 16 heavy (non-hydrogen) atoms. The average molecular weight is 240 g/mol. The maximum absolute atomic E-state index is 5.59. The molecule has 1 aliphatic heterocycles. The van der Waals surface area contributed by atoms with Crippen LogP contribution >= 0.6 is 11.3 Å². The molecule has 90 valence electrons. The summed E-state index contributed by atoms with van der Waals surface area (Å²) in [7, 11) is 0. The minimum absolute atomic E-state index is 0.756. The zero-order chi connectivity index (χ0) is 11.4. The van der Waals surface area contributed by atoms with Crippen molar-refractivity contribution in [2.45, 2.75) is 26.5 Å². The summed E-state index contributed by atoms with van der Waals surface area (Å²) in [5.74, 6) is 0. The first kappa shape index (κ1) is 12.0. The highest BCUT2D eigenvalue weighted by Gasteiger charge is 2.18. The maximum Gasteiger partial charge on any atom is 0.0809 e. The minimum atomic E-state index is 0.756. The third-order valence-electron chi connectivity index (χ3n) is 2.91. The van der Waals surface area contributed by atoms with Gasteiger partial charge in [0.1, 0.15) is 0 Å². The summed E-state index contributed by atoms with van der Waals surface area (Å²) in [5.41, 5.74) is 7.11. The molecule has 3 nitrogen and oxygen atoms in total. The van der Waals surface area contributed by atoms with Gasteiger partial charge in [0.2, 0.25) is 0 Å². The molecule has 0 fully saturated rings. The molecular formula is C12H20N2OS. The van der Waals surface area contributed by atoms with Crippen LogP contribution in [-0.4, -0.2) is 31.1 Å². The Labute approximate surface area is 101 Å². The van der Waals surface area contributed by atoms with E-state index in [-0.39, 0.29) is 0 Å². The summed E-state index contributed by atoms with van der Waals surface area (Å²) in [6, 6.07) is 2.31. The predicted molar refractivity (Wildman–Crippen MR) is 67.7 cm³/mol. The fraction of sp³-hybridized carbons (Fsp3) is 0.667. The summed E-state index contributed by atoms with van der Waals surface area (Å²) in [6.07, 6.45) is 1.16. The zero-order valence-corrected chi connectivity index (χ0v) is 10.7. The summed E-state index contributed by atoms with van der Waals surface area (Å²) < 4.78 is 5.45. The Bertz CT molecular complexity index is 338. The quantitative estimate of drug-likeness (QED) is 0.849. The van der Waals surface area contributed by atoms with E-state index in [4.69, 9.17) is 10.5 Å². The van der Waals surface area contributed by atoms with Crippen LogP contribution in [0.5, 0.6) is 0 Å². The van der Waals surface area contributed by atoms with Gasteiger partial charge in [0.15, 0.2) is 0 Å². The molecule has 2 N–H and O–H groups in total. The molecule has 1 aromatic rings. The van der Waals surface area contributed by atoms with E-state index < -0.39 is 0 Å². The molecule has 2 heterocycles. The number of hydrogen-bond donors (Lipinski definition) is 1. The van der Waals surface area contributed by atoms with Gasteiger partial charge in [0.05, 0.1) is 6.61 Å². The highest BCUT2D eigenvalue weighted by atomic mass is 32.1. The van der Waals surface area contributed by atoms with Gasteiger partial charge < -0.3 is 10.5 Å². The van der Waals surface area contributed by atoms with Crippen molar-refractivity contribution in [3.8, 4) is 0 Å². The number of rotatable bonds is 5. The lowest BCUT2D eigenvalue weighted by Crippen LogP contribution is -2.33. The average Bonchev–Trinajstić information content (AvgIpc) is 2.68. The fourth-order valence-corrected chi connectivity index (χ4v) is 3.28. The van der Waals surface area contributed by atoms with Crippen molar-refractivity contribution >= 4 is 11.3 Å². The normalized spacial score (nSPS) is 16.4. The van der Waals surface area contributed by atoms with Crippen molar-refractivity contribution in [1.29, 1.82) is 0 Å². The molecule has 0 spiro atoms. The maximum atomic E-state index is 5.59. The second-order valence-corrected chi connectivity index (χ2v) is 5.33. The molecule has 1 aliphatic rings. The molecule has 0 atom stereocenters. The Kier molecular flexibility index (Phi) is 4.35. The second-order valence-electron chi connectivity index (χ2n) is 4.11. The Morgan fingerprint density at radius 2 is 2.44 bits per heavy atom. The van der Waals surface area contributed by atoms with Gasteiger partial charge in [0, 0.05) is 42.5 Å². The first-order valence-electron chi connectivity index (χ1n) is 5.94. The Morgan fingerprint density at radius 1 is 1.56 bits per heavy atom. The summed E-state index contributed by atoms with van der Waals surface area (Å²) in [4.78, 5) is 5.30. The monoisotopic (exact) mass is 240 g/mol. The lowest BCUT2D eigenvalue weighted by Gasteiger charge is -2.25. The van der Waals surface area contributed by atoms with Gasteiger partial charge >= 0.3 is 0 Å². The van der Waals surface area contributed by atoms with Crippen molar-refractivity contribution < 1.29 is 4.74 Å². The molecule has 1 aromatic heterocycles. The van der Waals surface area contributed by atoms with E-state index in [1.807, 2.05) is 18.3 Å². The second kappa shape index (κ2) is 5.77. The van der Waals surface area contributed by atoms with Crippen molar-refractivity contribution in [2.24, 2.45) is 5.73 Å². The molecule has 0 saturated heterocycles. The van der Waals surface area contributed by atoms with Crippen LogP contribution in [-0.2, 0) is 24.3 Å². The van der Waals surface area contributed by atoms with Crippen LogP contribution in [0.4, 0.5) is 0 Å².